The molecule has 0 saturated heterocycles. The molecule has 7 nitrogen and oxygen atoms in total. The van der Waals surface area contributed by atoms with Crippen LogP contribution in [0, 0.1) is 6.92 Å². The summed E-state index contributed by atoms with van der Waals surface area (Å²) in [6.07, 6.45) is 0. The van der Waals surface area contributed by atoms with Crippen LogP contribution in [0.2, 0.25) is 15.1 Å². The van der Waals surface area contributed by atoms with Crippen molar-refractivity contribution in [3.63, 3.8) is 0 Å². The molecule has 168 valence electrons. The zero-order valence-corrected chi connectivity index (χ0v) is 20.5. The van der Waals surface area contributed by atoms with E-state index in [9.17, 15) is 9.59 Å². The first-order valence-corrected chi connectivity index (χ1v) is 11.6. The molecule has 0 unspecified atom stereocenters. The highest BCUT2D eigenvalue weighted by atomic mass is 35.5. The van der Waals surface area contributed by atoms with Crippen molar-refractivity contribution in [1.29, 1.82) is 0 Å². The quantitative estimate of drug-likeness (QED) is 0.419. The Kier molecular flexibility index (Phi) is 8.05. The van der Waals surface area contributed by atoms with E-state index in [4.69, 9.17) is 34.8 Å². The fourth-order valence-corrected chi connectivity index (χ4v) is 4.01. The van der Waals surface area contributed by atoms with Gasteiger partial charge in [-0.25, -0.2) is 0 Å². The molecule has 0 spiro atoms. The van der Waals surface area contributed by atoms with Gasteiger partial charge in [0.25, 0.3) is 5.91 Å². The van der Waals surface area contributed by atoms with Crippen molar-refractivity contribution in [2.45, 2.75) is 25.0 Å². The van der Waals surface area contributed by atoms with Crippen molar-refractivity contribution >= 4 is 64.1 Å². The van der Waals surface area contributed by atoms with Gasteiger partial charge in [0, 0.05) is 23.3 Å². The molecule has 1 heterocycles. The fourth-order valence-electron chi connectivity index (χ4n) is 2.81. The third kappa shape index (κ3) is 5.95. The predicted molar refractivity (Wildman–Crippen MR) is 129 cm³/mol. The summed E-state index contributed by atoms with van der Waals surface area (Å²) in [7, 11) is 1.77. The van der Waals surface area contributed by atoms with Gasteiger partial charge in [-0.15, -0.1) is 10.2 Å². The lowest BCUT2D eigenvalue weighted by Gasteiger charge is -2.14. The summed E-state index contributed by atoms with van der Waals surface area (Å²) in [4.78, 5) is 24.8. The predicted octanol–water partition coefficient (Wildman–Crippen LogP) is 5.31. The third-order valence-electron chi connectivity index (χ3n) is 4.57. The summed E-state index contributed by atoms with van der Waals surface area (Å²) >= 11 is 19.2. The van der Waals surface area contributed by atoms with E-state index in [1.165, 1.54) is 17.8 Å². The Hall–Kier alpha value is -2.26. The highest BCUT2D eigenvalue weighted by Crippen LogP contribution is 2.24. The molecular formula is C21H20Cl3N5O2S. The average Bonchev–Trinajstić information content (AvgIpc) is 3.11. The van der Waals surface area contributed by atoms with E-state index in [0.717, 1.165) is 5.56 Å². The molecule has 3 rings (SSSR count). The molecule has 1 aromatic heterocycles. The lowest BCUT2D eigenvalue weighted by Crippen LogP contribution is -2.28. The van der Waals surface area contributed by atoms with Crippen LogP contribution in [0.3, 0.4) is 0 Å². The minimum Gasteiger partial charge on any atom is -0.342 e. The van der Waals surface area contributed by atoms with Crippen molar-refractivity contribution in [2.75, 3.05) is 11.1 Å². The van der Waals surface area contributed by atoms with Crippen LogP contribution in [-0.2, 0) is 11.8 Å². The largest absolute Gasteiger partial charge is 0.342 e. The van der Waals surface area contributed by atoms with E-state index >= 15 is 0 Å². The van der Waals surface area contributed by atoms with Crippen LogP contribution in [-0.4, -0.2) is 32.3 Å². The molecule has 32 heavy (non-hydrogen) atoms. The summed E-state index contributed by atoms with van der Waals surface area (Å²) in [5.41, 5.74) is 1.95. The number of thioether (sulfide) groups is 1. The topological polar surface area (TPSA) is 88.9 Å². The van der Waals surface area contributed by atoms with Gasteiger partial charge in [0.05, 0.1) is 21.8 Å². The van der Waals surface area contributed by atoms with Gasteiger partial charge in [0.2, 0.25) is 5.91 Å². The van der Waals surface area contributed by atoms with Gasteiger partial charge in [-0.1, -0.05) is 52.6 Å². The molecule has 1 atom stereocenters. The number of hydrogen-bond donors (Lipinski definition) is 2. The molecule has 0 fully saturated rings. The number of anilines is 1. The lowest BCUT2D eigenvalue weighted by atomic mass is 10.2. The number of carbonyl (C=O) groups is 2. The monoisotopic (exact) mass is 511 g/mol. The van der Waals surface area contributed by atoms with E-state index in [2.05, 4.69) is 20.8 Å². The maximum atomic E-state index is 12.5. The lowest BCUT2D eigenvalue weighted by molar-refractivity contribution is -0.113. The van der Waals surface area contributed by atoms with Crippen LogP contribution in [0.25, 0.3) is 0 Å². The first kappa shape index (κ1) is 24.4. The summed E-state index contributed by atoms with van der Waals surface area (Å²) in [5, 5.41) is 15.8. The second kappa shape index (κ2) is 10.6. The molecule has 0 radical (unpaired) electrons. The highest BCUT2D eigenvalue weighted by molar-refractivity contribution is 7.99. The van der Waals surface area contributed by atoms with Gasteiger partial charge in [-0.2, -0.15) is 0 Å². The molecule has 2 aromatic carbocycles. The molecule has 0 saturated carbocycles. The van der Waals surface area contributed by atoms with Crippen LogP contribution in [0.1, 0.15) is 34.7 Å². The average molecular weight is 513 g/mol. The SMILES string of the molecule is Cc1ccc(NC(=O)CSc2nnc([C@H](C)NC(=O)c3ccc(Cl)c(Cl)c3)n2C)cc1Cl. The van der Waals surface area contributed by atoms with Crippen LogP contribution in [0.4, 0.5) is 5.69 Å². The molecule has 0 bridgehead atoms. The Morgan fingerprint density at radius 1 is 1.06 bits per heavy atom. The van der Waals surface area contributed by atoms with Gasteiger partial charge < -0.3 is 15.2 Å². The molecule has 0 aliphatic heterocycles. The highest BCUT2D eigenvalue weighted by Gasteiger charge is 2.19. The second-order valence-corrected chi connectivity index (χ2v) is 9.19. The van der Waals surface area contributed by atoms with Crippen LogP contribution in [0.15, 0.2) is 41.6 Å². The summed E-state index contributed by atoms with van der Waals surface area (Å²) in [5.74, 6) is 0.179. The van der Waals surface area contributed by atoms with Crippen LogP contribution >= 0.6 is 46.6 Å². The number of nitrogens with zero attached hydrogens (tertiary/aromatic N) is 3. The van der Waals surface area contributed by atoms with Gasteiger partial charge in [-0.05, 0) is 49.7 Å². The van der Waals surface area contributed by atoms with Gasteiger partial charge in [0.1, 0.15) is 0 Å². The Balaban J connectivity index is 1.59. The minimum absolute atomic E-state index is 0.140. The van der Waals surface area contributed by atoms with Crippen LogP contribution < -0.4 is 10.6 Å². The number of aromatic nitrogens is 3. The number of halogens is 3. The number of aryl methyl sites for hydroxylation is 1. The van der Waals surface area contributed by atoms with E-state index in [1.54, 1.807) is 42.8 Å². The summed E-state index contributed by atoms with van der Waals surface area (Å²) < 4.78 is 1.74. The first-order valence-electron chi connectivity index (χ1n) is 9.49. The minimum atomic E-state index is -0.424. The van der Waals surface area contributed by atoms with Crippen molar-refractivity contribution in [3.05, 3.63) is 68.4 Å². The standard InChI is InChI=1S/C21H20Cl3N5O2S/c1-11-4-6-14(9-16(11)23)26-18(30)10-32-21-28-27-19(29(21)3)12(2)25-20(31)13-5-7-15(22)17(24)8-13/h4-9,12H,10H2,1-3H3,(H,25,31)(H,26,30)/t12-/m0/s1. The number of hydrogen-bond acceptors (Lipinski definition) is 5. The smallest absolute Gasteiger partial charge is 0.251 e. The Morgan fingerprint density at radius 3 is 2.50 bits per heavy atom. The molecule has 11 heteroatoms. The van der Waals surface area contributed by atoms with Gasteiger partial charge in [-0.3, -0.25) is 9.59 Å². The number of nitrogens with one attached hydrogen (secondary N) is 2. The number of rotatable bonds is 7. The van der Waals surface area contributed by atoms with Crippen molar-refractivity contribution < 1.29 is 9.59 Å². The molecule has 0 aliphatic rings. The normalized spacial score (nSPS) is 11.8. The molecule has 0 aliphatic carbocycles. The van der Waals surface area contributed by atoms with E-state index in [0.29, 0.717) is 37.3 Å². The van der Waals surface area contributed by atoms with E-state index < -0.39 is 6.04 Å². The number of benzene rings is 2. The Labute approximate surface area is 204 Å². The maximum absolute atomic E-state index is 12.5. The number of carbonyl (C=O) groups excluding carboxylic acids is 2. The third-order valence-corrected chi connectivity index (χ3v) is 6.74. The van der Waals surface area contributed by atoms with Crippen molar-refractivity contribution in [2.24, 2.45) is 7.05 Å². The molecule has 2 N–H and O–H groups in total. The second-order valence-electron chi connectivity index (χ2n) is 7.02. The fraction of sp³-hybridized carbons (Fsp3) is 0.238. The zero-order valence-electron chi connectivity index (χ0n) is 17.4. The van der Waals surface area contributed by atoms with Crippen molar-refractivity contribution in [1.82, 2.24) is 20.1 Å². The number of amides is 2. The Morgan fingerprint density at radius 2 is 1.81 bits per heavy atom. The first-order chi connectivity index (χ1) is 15.2. The van der Waals surface area contributed by atoms with Crippen LogP contribution in [0.5, 0.6) is 0 Å². The zero-order chi connectivity index (χ0) is 23.4. The molecule has 2 amide bonds. The van der Waals surface area contributed by atoms with E-state index in [1.807, 2.05) is 13.0 Å². The maximum Gasteiger partial charge on any atom is 0.251 e. The Bertz CT molecular complexity index is 1170. The summed E-state index contributed by atoms with van der Waals surface area (Å²) in [6, 6.07) is 9.58. The van der Waals surface area contributed by atoms with E-state index in [-0.39, 0.29) is 17.6 Å². The van der Waals surface area contributed by atoms with Crippen molar-refractivity contribution in [3.8, 4) is 0 Å². The van der Waals surface area contributed by atoms with Gasteiger partial charge >= 0.3 is 0 Å². The molecule has 3 aromatic rings. The summed E-state index contributed by atoms with van der Waals surface area (Å²) in [6.45, 7) is 3.69. The van der Waals surface area contributed by atoms with Gasteiger partial charge in [0.15, 0.2) is 11.0 Å². The molecular weight excluding hydrogens is 493 g/mol.